The van der Waals surface area contributed by atoms with Gasteiger partial charge >= 0.3 is 17.9 Å². The molecule has 4 aliphatic rings. The molecule has 3 fully saturated rings. The van der Waals surface area contributed by atoms with Gasteiger partial charge in [0.1, 0.15) is 11.7 Å². The number of carbonyl (C=O) groups is 3. The topological polar surface area (TPSA) is 78.9 Å². The average Bonchev–Trinajstić information content (AvgIpc) is 2.99. The number of esters is 3. The van der Waals surface area contributed by atoms with Crippen molar-refractivity contribution in [2.24, 2.45) is 28.6 Å². The summed E-state index contributed by atoms with van der Waals surface area (Å²) in [7, 11) is 1.40. The van der Waals surface area contributed by atoms with Gasteiger partial charge in [0, 0.05) is 25.7 Å². The molecule has 6 nitrogen and oxygen atoms in total. The van der Waals surface area contributed by atoms with E-state index in [-0.39, 0.29) is 41.3 Å². The highest BCUT2D eigenvalue weighted by molar-refractivity contribution is 5.73. The van der Waals surface area contributed by atoms with Gasteiger partial charge in [-0.1, -0.05) is 25.5 Å². The van der Waals surface area contributed by atoms with Crippen molar-refractivity contribution in [2.45, 2.75) is 97.2 Å². The highest BCUT2D eigenvalue weighted by Crippen LogP contribution is 2.68. The zero-order valence-corrected chi connectivity index (χ0v) is 20.2. The summed E-state index contributed by atoms with van der Waals surface area (Å²) in [6.45, 7) is 7.58. The minimum absolute atomic E-state index is 0.000356. The van der Waals surface area contributed by atoms with E-state index in [1.54, 1.807) is 0 Å². The van der Waals surface area contributed by atoms with Gasteiger partial charge in [0.05, 0.1) is 13.5 Å². The molecule has 4 aliphatic carbocycles. The number of hydrogen-bond donors (Lipinski definition) is 0. The molecule has 178 valence electrons. The smallest absolute Gasteiger partial charge is 0.309 e. The number of ether oxygens (including phenoxy) is 3. The Morgan fingerprint density at radius 3 is 2.38 bits per heavy atom. The van der Waals surface area contributed by atoms with Crippen LogP contribution in [0, 0.1) is 28.6 Å². The van der Waals surface area contributed by atoms with Gasteiger partial charge in [-0.15, -0.1) is 0 Å². The van der Waals surface area contributed by atoms with Crippen molar-refractivity contribution in [2.75, 3.05) is 7.11 Å². The largest absolute Gasteiger partial charge is 0.469 e. The van der Waals surface area contributed by atoms with Crippen molar-refractivity contribution >= 4 is 17.9 Å². The molecule has 0 aliphatic heterocycles. The minimum atomic E-state index is -0.778. The van der Waals surface area contributed by atoms with Crippen LogP contribution in [0.4, 0.5) is 0 Å². The molecule has 3 saturated carbocycles. The molecule has 0 unspecified atom stereocenters. The van der Waals surface area contributed by atoms with Gasteiger partial charge in [0.15, 0.2) is 0 Å². The first-order valence-corrected chi connectivity index (χ1v) is 12.2. The summed E-state index contributed by atoms with van der Waals surface area (Å²) in [5.41, 5.74) is 0.582. The fraction of sp³-hybridized carbons (Fsp3) is 0.808. The second kappa shape index (κ2) is 8.18. The van der Waals surface area contributed by atoms with E-state index >= 15 is 0 Å². The predicted octanol–water partition coefficient (Wildman–Crippen LogP) is 4.75. The highest BCUT2D eigenvalue weighted by Gasteiger charge is 2.66. The van der Waals surface area contributed by atoms with Gasteiger partial charge < -0.3 is 14.2 Å². The Morgan fingerprint density at radius 1 is 1.00 bits per heavy atom. The lowest BCUT2D eigenvalue weighted by molar-refractivity contribution is -0.188. The molecule has 7 atom stereocenters. The van der Waals surface area contributed by atoms with Crippen molar-refractivity contribution in [3.05, 3.63) is 11.6 Å². The van der Waals surface area contributed by atoms with Crippen LogP contribution in [0.3, 0.4) is 0 Å². The maximum absolute atomic E-state index is 12.3. The zero-order chi connectivity index (χ0) is 23.3. The van der Waals surface area contributed by atoms with Gasteiger partial charge in [-0.2, -0.15) is 0 Å². The van der Waals surface area contributed by atoms with Crippen LogP contribution in [0.15, 0.2) is 11.6 Å². The molecule has 0 heterocycles. The molecule has 0 aromatic heterocycles. The Morgan fingerprint density at radius 2 is 1.72 bits per heavy atom. The SMILES string of the molecule is COC(=O)C[C@]1(OC(C)=O)CC[C@H]2[C@@H]3CC=C4C[C@H](OC(C)=O)CC[C@]4(C)[C@H]3CC[C@@]21C. The Kier molecular flexibility index (Phi) is 5.96. The fourth-order valence-electron chi connectivity index (χ4n) is 8.13. The van der Waals surface area contributed by atoms with Crippen LogP contribution >= 0.6 is 0 Å². The number of carbonyl (C=O) groups excluding carboxylic acids is 3. The Hall–Kier alpha value is -1.85. The summed E-state index contributed by atoms with van der Waals surface area (Å²) in [6.07, 6.45) is 10.1. The molecule has 0 N–H and O–H groups in total. The maximum Gasteiger partial charge on any atom is 0.309 e. The van der Waals surface area contributed by atoms with Crippen LogP contribution in [-0.2, 0) is 28.6 Å². The lowest BCUT2D eigenvalue weighted by Gasteiger charge is -2.59. The number of methoxy groups -OCH3 is 1. The predicted molar refractivity (Wildman–Crippen MR) is 118 cm³/mol. The van der Waals surface area contributed by atoms with Crippen molar-refractivity contribution in [3.63, 3.8) is 0 Å². The van der Waals surface area contributed by atoms with E-state index in [2.05, 4.69) is 19.9 Å². The molecule has 6 heteroatoms. The van der Waals surface area contributed by atoms with Crippen molar-refractivity contribution in [3.8, 4) is 0 Å². The first-order chi connectivity index (χ1) is 15.0. The van der Waals surface area contributed by atoms with Crippen LogP contribution in [-0.4, -0.2) is 36.7 Å². The summed E-state index contributed by atoms with van der Waals surface area (Å²) in [4.78, 5) is 35.9. The van der Waals surface area contributed by atoms with Gasteiger partial charge in [-0.3, -0.25) is 14.4 Å². The molecule has 0 amide bonds. The standard InChI is InChI=1S/C26H38O6/c1-16(27)31-19-8-11-24(3)18(14-19)6-7-20-21(24)9-12-25(4)22(20)10-13-26(25,32-17(2)28)15-23(29)30-5/h6,19-22H,7-15H2,1-5H3/t19-,20-,21+,22+,24+,25+,26-/m1/s1. The fourth-order valence-corrected chi connectivity index (χ4v) is 8.13. The number of allylic oxidation sites excluding steroid dienone is 1. The van der Waals surface area contributed by atoms with Gasteiger partial charge in [-0.25, -0.2) is 0 Å². The summed E-state index contributed by atoms with van der Waals surface area (Å²) in [5, 5.41) is 0. The highest BCUT2D eigenvalue weighted by atomic mass is 16.6. The van der Waals surface area contributed by atoms with Crippen LogP contribution in [0.1, 0.15) is 85.5 Å². The maximum atomic E-state index is 12.3. The summed E-state index contributed by atoms with van der Waals surface area (Å²) < 4.78 is 16.5. The molecular weight excluding hydrogens is 408 g/mol. The van der Waals surface area contributed by atoms with Crippen LogP contribution in [0.25, 0.3) is 0 Å². The average molecular weight is 447 g/mol. The second-order valence-corrected chi connectivity index (χ2v) is 11.1. The molecule has 0 radical (unpaired) electrons. The van der Waals surface area contributed by atoms with E-state index in [1.807, 2.05) is 0 Å². The molecule has 0 bridgehead atoms. The Labute approximate surface area is 191 Å². The van der Waals surface area contributed by atoms with Crippen LogP contribution in [0.5, 0.6) is 0 Å². The van der Waals surface area contributed by atoms with Gasteiger partial charge in [-0.05, 0) is 68.1 Å². The van der Waals surface area contributed by atoms with E-state index in [9.17, 15) is 14.4 Å². The third-order valence-corrected chi connectivity index (χ3v) is 9.68. The van der Waals surface area contributed by atoms with E-state index < -0.39 is 5.60 Å². The zero-order valence-electron chi connectivity index (χ0n) is 20.2. The van der Waals surface area contributed by atoms with E-state index in [0.29, 0.717) is 24.2 Å². The lowest BCUT2D eigenvalue weighted by atomic mass is 9.46. The third-order valence-electron chi connectivity index (χ3n) is 9.68. The first kappa shape index (κ1) is 23.3. The quantitative estimate of drug-likeness (QED) is 0.352. The molecule has 32 heavy (non-hydrogen) atoms. The van der Waals surface area contributed by atoms with Crippen molar-refractivity contribution in [1.82, 2.24) is 0 Å². The molecule has 4 rings (SSSR count). The van der Waals surface area contributed by atoms with Crippen molar-refractivity contribution in [1.29, 1.82) is 0 Å². The van der Waals surface area contributed by atoms with Crippen LogP contribution in [0.2, 0.25) is 0 Å². The minimum Gasteiger partial charge on any atom is -0.469 e. The summed E-state index contributed by atoms with van der Waals surface area (Å²) >= 11 is 0. The molecule has 0 spiro atoms. The molecule has 0 aromatic carbocycles. The second-order valence-electron chi connectivity index (χ2n) is 11.1. The molecule has 0 saturated heterocycles. The Bertz CT molecular complexity index is 832. The molecule has 0 aromatic rings. The summed E-state index contributed by atoms with van der Waals surface area (Å²) in [5.74, 6) is 0.676. The van der Waals surface area contributed by atoms with E-state index in [1.165, 1.54) is 26.5 Å². The number of fused-ring (bicyclic) bond motifs is 5. The van der Waals surface area contributed by atoms with Crippen molar-refractivity contribution < 1.29 is 28.6 Å². The number of rotatable bonds is 4. The molecular formula is C26H38O6. The van der Waals surface area contributed by atoms with Gasteiger partial charge in [0.25, 0.3) is 0 Å². The number of hydrogen-bond acceptors (Lipinski definition) is 6. The third kappa shape index (κ3) is 3.58. The normalized spacial score (nSPS) is 42.6. The summed E-state index contributed by atoms with van der Waals surface area (Å²) in [6, 6.07) is 0. The van der Waals surface area contributed by atoms with Crippen LogP contribution < -0.4 is 0 Å². The lowest BCUT2D eigenvalue weighted by Crippen LogP contribution is -2.56. The monoisotopic (exact) mass is 446 g/mol. The Balaban J connectivity index is 1.62. The van der Waals surface area contributed by atoms with Gasteiger partial charge in [0.2, 0.25) is 0 Å². The van der Waals surface area contributed by atoms with E-state index in [4.69, 9.17) is 14.2 Å². The van der Waals surface area contributed by atoms with E-state index in [0.717, 1.165) is 44.9 Å². The first-order valence-electron chi connectivity index (χ1n) is 12.2.